The maximum Gasteiger partial charge on any atom is 0.279 e. The van der Waals surface area contributed by atoms with Crippen LogP contribution in [0.1, 0.15) is 95.6 Å². The lowest BCUT2D eigenvalue weighted by molar-refractivity contribution is -0.0823. The normalized spacial score (nSPS) is 17.9. The monoisotopic (exact) mass is 578 g/mol. The molecule has 1 nitrogen and oxygen atoms in total. The Hall–Kier alpha value is -2.32. The number of halogens is 8. The first-order valence-electron chi connectivity index (χ1n) is 14.3. The Bertz CT molecular complexity index is 1120. The van der Waals surface area contributed by atoms with Crippen LogP contribution >= 0.6 is 0 Å². The van der Waals surface area contributed by atoms with Crippen molar-refractivity contribution in [3.05, 3.63) is 52.6 Å². The summed E-state index contributed by atoms with van der Waals surface area (Å²) in [5.74, 6) is -12.2. The molecule has 0 saturated carbocycles. The van der Waals surface area contributed by atoms with Gasteiger partial charge in [0.05, 0.1) is 5.56 Å². The van der Waals surface area contributed by atoms with Gasteiger partial charge in [-0.05, 0) is 49.4 Å². The molecule has 40 heavy (non-hydrogen) atoms. The van der Waals surface area contributed by atoms with Crippen LogP contribution in [0.4, 0.5) is 35.1 Å². The number of hydrogen-bond donors (Lipinski definition) is 0. The zero-order chi connectivity index (χ0) is 29.4. The number of unbranched alkanes of at least 4 members (excludes halogenated alkanes) is 6. The Labute approximate surface area is 231 Å². The highest BCUT2D eigenvalue weighted by atomic mass is 19.3. The Balaban J connectivity index is 1.77. The summed E-state index contributed by atoms with van der Waals surface area (Å²) in [5.41, 5.74) is -2.56. The van der Waals surface area contributed by atoms with E-state index >= 15 is 17.6 Å². The van der Waals surface area contributed by atoms with Crippen LogP contribution in [-0.4, -0.2) is 19.0 Å². The molecule has 1 aliphatic rings. The lowest BCUT2D eigenvalue weighted by Crippen LogP contribution is -2.33. The van der Waals surface area contributed by atoms with Crippen LogP contribution in [0.25, 0.3) is 11.1 Å². The predicted octanol–water partition coefficient (Wildman–Crippen LogP) is 10.6. The molecular weight excluding hydrogens is 540 g/mol. The van der Waals surface area contributed by atoms with E-state index in [0.29, 0.717) is 12.8 Å². The van der Waals surface area contributed by atoms with Crippen LogP contribution in [0, 0.1) is 29.2 Å². The van der Waals surface area contributed by atoms with E-state index in [9.17, 15) is 17.6 Å². The molecular formula is C31H38F8O. The third kappa shape index (κ3) is 7.30. The Morgan fingerprint density at radius 3 is 2.12 bits per heavy atom. The van der Waals surface area contributed by atoms with E-state index in [0.717, 1.165) is 56.7 Å². The SMILES string of the molecule is CCCCCCCCCC1CCc2cc(-c3ccc(OCC(F)C(F)CCC)c(F)c3F)c(F)c(F)c2C1(F)F. The van der Waals surface area contributed by atoms with E-state index < -0.39 is 76.5 Å². The van der Waals surface area contributed by atoms with Gasteiger partial charge in [0.1, 0.15) is 12.8 Å². The molecule has 3 atom stereocenters. The van der Waals surface area contributed by atoms with Gasteiger partial charge in [0.25, 0.3) is 5.92 Å². The van der Waals surface area contributed by atoms with Gasteiger partial charge in [0, 0.05) is 17.0 Å². The molecule has 0 aromatic heterocycles. The minimum atomic E-state index is -3.60. The maximum absolute atomic E-state index is 15.3. The molecule has 0 bridgehead atoms. The topological polar surface area (TPSA) is 9.23 Å². The van der Waals surface area contributed by atoms with Gasteiger partial charge in [0.15, 0.2) is 29.4 Å². The Morgan fingerprint density at radius 1 is 0.800 bits per heavy atom. The quantitative estimate of drug-likeness (QED) is 0.151. The predicted molar refractivity (Wildman–Crippen MR) is 140 cm³/mol. The number of benzene rings is 2. The van der Waals surface area contributed by atoms with Crippen molar-refractivity contribution in [2.24, 2.45) is 5.92 Å². The minimum Gasteiger partial charge on any atom is -0.487 e. The van der Waals surface area contributed by atoms with Crippen LogP contribution in [0.3, 0.4) is 0 Å². The molecule has 9 heteroatoms. The number of alkyl halides is 4. The van der Waals surface area contributed by atoms with Gasteiger partial charge in [-0.3, -0.25) is 0 Å². The highest BCUT2D eigenvalue weighted by Crippen LogP contribution is 2.49. The lowest BCUT2D eigenvalue weighted by atomic mass is 9.77. The highest BCUT2D eigenvalue weighted by molar-refractivity contribution is 5.68. The van der Waals surface area contributed by atoms with Crippen molar-refractivity contribution in [1.29, 1.82) is 0 Å². The molecule has 2 aromatic rings. The van der Waals surface area contributed by atoms with Crippen molar-refractivity contribution in [3.63, 3.8) is 0 Å². The van der Waals surface area contributed by atoms with Gasteiger partial charge in [0.2, 0.25) is 5.82 Å². The molecule has 0 aliphatic heterocycles. The second-order valence-electron chi connectivity index (χ2n) is 10.7. The fraction of sp³-hybridized carbons (Fsp3) is 0.613. The maximum atomic E-state index is 15.3. The van der Waals surface area contributed by atoms with E-state index in [1.807, 2.05) is 0 Å². The van der Waals surface area contributed by atoms with E-state index in [-0.39, 0.29) is 31.2 Å². The molecule has 224 valence electrons. The van der Waals surface area contributed by atoms with Gasteiger partial charge >= 0.3 is 0 Å². The first-order chi connectivity index (χ1) is 19.0. The second kappa shape index (κ2) is 14.5. The minimum absolute atomic E-state index is 0.0433. The molecule has 0 fully saturated rings. The van der Waals surface area contributed by atoms with E-state index in [4.69, 9.17) is 4.74 Å². The molecule has 3 rings (SSSR count). The summed E-state index contributed by atoms with van der Waals surface area (Å²) < 4.78 is 123. The van der Waals surface area contributed by atoms with Crippen LogP contribution in [-0.2, 0) is 12.3 Å². The molecule has 3 unspecified atom stereocenters. The number of hydrogen-bond acceptors (Lipinski definition) is 1. The summed E-state index contributed by atoms with van der Waals surface area (Å²) >= 11 is 0. The summed E-state index contributed by atoms with van der Waals surface area (Å²) in [7, 11) is 0. The molecule has 0 amide bonds. The lowest BCUT2D eigenvalue weighted by Gasteiger charge is -2.34. The molecule has 0 heterocycles. The zero-order valence-electron chi connectivity index (χ0n) is 23.1. The number of rotatable bonds is 15. The Kier molecular flexibility index (Phi) is 11.7. The number of fused-ring (bicyclic) bond motifs is 1. The zero-order valence-corrected chi connectivity index (χ0v) is 23.1. The first kappa shape index (κ1) is 32.2. The van der Waals surface area contributed by atoms with Gasteiger partial charge < -0.3 is 4.74 Å². The van der Waals surface area contributed by atoms with Crippen molar-refractivity contribution in [2.75, 3.05) is 6.61 Å². The standard InChI is InChI=1S/C31H38F8O/c1-3-5-6-7-8-9-10-12-20-14-13-19-17-22(28(35)30(37)26(19)31(20,38)39)21-15-16-25(29(36)27(21)34)40-18-24(33)23(32)11-4-2/h15-17,20,23-24H,3-14,18H2,1-2H3. The second-order valence-corrected chi connectivity index (χ2v) is 10.7. The summed E-state index contributed by atoms with van der Waals surface area (Å²) in [6.45, 7) is 2.90. The average molecular weight is 579 g/mol. The summed E-state index contributed by atoms with van der Waals surface area (Å²) in [4.78, 5) is 0. The average Bonchev–Trinajstić information content (AvgIpc) is 2.91. The van der Waals surface area contributed by atoms with Crippen molar-refractivity contribution in [2.45, 2.75) is 109 Å². The van der Waals surface area contributed by atoms with Gasteiger partial charge in [-0.1, -0.05) is 65.2 Å². The van der Waals surface area contributed by atoms with Crippen LogP contribution in [0.15, 0.2) is 18.2 Å². The smallest absolute Gasteiger partial charge is 0.279 e. The van der Waals surface area contributed by atoms with Crippen molar-refractivity contribution in [1.82, 2.24) is 0 Å². The van der Waals surface area contributed by atoms with Gasteiger partial charge in [-0.25, -0.2) is 30.7 Å². The summed E-state index contributed by atoms with van der Waals surface area (Å²) in [5, 5.41) is 0. The van der Waals surface area contributed by atoms with Crippen molar-refractivity contribution < 1.29 is 39.9 Å². The summed E-state index contributed by atoms with van der Waals surface area (Å²) in [6, 6.07) is 2.73. The molecule has 1 aliphatic carbocycles. The largest absolute Gasteiger partial charge is 0.487 e. The first-order valence-corrected chi connectivity index (χ1v) is 14.3. The van der Waals surface area contributed by atoms with Gasteiger partial charge in [-0.2, -0.15) is 4.39 Å². The van der Waals surface area contributed by atoms with Crippen LogP contribution in [0.5, 0.6) is 5.75 Å². The van der Waals surface area contributed by atoms with Crippen molar-refractivity contribution >= 4 is 0 Å². The fourth-order valence-electron chi connectivity index (χ4n) is 5.40. The van der Waals surface area contributed by atoms with E-state index in [2.05, 4.69) is 6.92 Å². The molecule has 0 N–H and O–H groups in total. The highest BCUT2D eigenvalue weighted by Gasteiger charge is 2.48. The summed E-state index contributed by atoms with van der Waals surface area (Å²) in [6.07, 6.45) is 3.40. The van der Waals surface area contributed by atoms with Crippen LogP contribution in [0.2, 0.25) is 0 Å². The molecule has 0 spiro atoms. The van der Waals surface area contributed by atoms with Crippen LogP contribution < -0.4 is 4.74 Å². The van der Waals surface area contributed by atoms with Gasteiger partial charge in [-0.15, -0.1) is 0 Å². The fourth-order valence-corrected chi connectivity index (χ4v) is 5.40. The molecule has 0 radical (unpaired) electrons. The van der Waals surface area contributed by atoms with Crippen molar-refractivity contribution in [3.8, 4) is 16.9 Å². The third-order valence-corrected chi connectivity index (χ3v) is 7.74. The number of ether oxygens (including phenoxy) is 1. The Morgan fingerprint density at radius 2 is 1.45 bits per heavy atom. The molecule has 2 aromatic carbocycles. The van der Waals surface area contributed by atoms with E-state index in [1.54, 1.807) is 6.92 Å². The molecule has 0 saturated heterocycles. The third-order valence-electron chi connectivity index (χ3n) is 7.74. The van der Waals surface area contributed by atoms with E-state index in [1.165, 1.54) is 0 Å². The number of aryl methyl sites for hydroxylation is 1.